The highest BCUT2D eigenvalue weighted by Gasteiger charge is 2.40. The van der Waals surface area contributed by atoms with Gasteiger partial charge in [0.25, 0.3) is 5.91 Å². The number of amides is 1. The maximum absolute atomic E-state index is 12.6. The van der Waals surface area contributed by atoms with E-state index in [0.717, 1.165) is 30.6 Å². The summed E-state index contributed by atoms with van der Waals surface area (Å²) in [5, 5.41) is 7.12. The van der Waals surface area contributed by atoms with E-state index in [1.165, 1.54) is 17.8 Å². The van der Waals surface area contributed by atoms with Gasteiger partial charge in [-0.15, -0.1) is 11.3 Å². The summed E-state index contributed by atoms with van der Waals surface area (Å²) >= 11 is 7.34. The first-order valence-corrected chi connectivity index (χ1v) is 9.58. The second-order valence-electron chi connectivity index (χ2n) is 6.86. The molecule has 0 spiro atoms. The molecule has 2 aliphatic carbocycles. The molecule has 7 heteroatoms. The Hall–Kier alpha value is -1.37. The largest absolute Gasteiger partial charge is 0.355 e. The lowest BCUT2D eigenvalue weighted by molar-refractivity contribution is 0.0748. The van der Waals surface area contributed by atoms with Gasteiger partial charge in [-0.3, -0.25) is 4.79 Å². The first kappa shape index (κ1) is 16.1. The molecule has 1 amide bonds. The second kappa shape index (κ2) is 6.50. The highest BCUT2D eigenvalue weighted by molar-refractivity contribution is 7.19. The van der Waals surface area contributed by atoms with Gasteiger partial charge in [0.15, 0.2) is 11.5 Å². The van der Waals surface area contributed by atoms with E-state index < -0.39 is 0 Å². The highest BCUT2D eigenvalue weighted by Crippen LogP contribution is 2.40. The van der Waals surface area contributed by atoms with E-state index in [-0.39, 0.29) is 18.0 Å². The van der Waals surface area contributed by atoms with Crippen LogP contribution in [0.3, 0.4) is 0 Å². The Morgan fingerprint density at radius 3 is 2.75 bits per heavy atom. The van der Waals surface area contributed by atoms with Crippen LogP contribution in [0.4, 0.5) is 0 Å². The number of hydrogen-bond donors (Lipinski definition) is 2. The third-order valence-corrected chi connectivity index (χ3v) is 6.48. The summed E-state index contributed by atoms with van der Waals surface area (Å²) in [7, 11) is 0. The number of hydrogen-bond acceptors (Lipinski definition) is 5. The smallest absolute Gasteiger partial charge is 0.273 e. The average Bonchev–Trinajstić information content (AvgIpc) is 3.17. The lowest BCUT2D eigenvalue weighted by Crippen LogP contribution is -2.53. The zero-order valence-electron chi connectivity index (χ0n) is 13.2. The summed E-state index contributed by atoms with van der Waals surface area (Å²) in [5.74, 6) is 1.38. The molecule has 5 nitrogen and oxygen atoms in total. The van der Waals surface area contributed by atoms with Crippen LogP contribution in [-0.2, 0) is 0 Å². The molecular formula is C17H20ClN3O2S. The van der Waals surface area contributed by atoms with Crippen molar-refractivity contribution in [2.24, 2.45) is 17.6 Å². The van der Waals surface area contributed by atoms with Gasteiger partial charge in [-0.1, -0.05) is 23.2 Å². The van der Waals surface area contributed by atoms with Crippen molar-refractivity contribution in [1.29, 1.82) is 0 Å². The van der Waals surface area contributed by atoms with Crippen LogP contribution in [-0.4, -0.2) is 23.1 Å². The molecule has 0 saturated heterocycles. The number of nitrogens with two attached hydrogens (primary N) is 1. The third-order valence-electron chi connectivity index (χ3n) is 5.23. The van der Waals surface area contributed by atoms with E-state index >= 15 is 0 Å². The van der Waals surface area contributed by atoms with E-state index in [0.29, 0.717) is 27.6 Å². The SMILES string of the molecule is NC1CC2CCCC(C1)C2NC(=O)c1cc(-c2ccc(Cl)s2)on1. The van der Waals surface area contributed by atoms with Crippen LogP contribution in [0.25, 0.3) is 10.6 Å². The van der Waals surface area contributed by atoms with Crippen molar-refractivity contribution in [2.45, 2.75) is 44.2 Å². The number of halogens is 1. The fourth-order valence-electron chi connectivity index (χ4n) is 4.20. The van der Waals surface area contributed by atoms with Crippen LogP contribution in [0.15, 0.2) is 22.7 Å². The zero-order chi connectivity index (χ0) is 16.7. The Bertz CT molecular complexity index is 730. The number of thiophene rings is 1. The molecule has 0 aliphatic heterocycles. The fraction of sp³-hybridized carbons (Fsp3) is 0.529. The summed E-state index contributed by atoms with van der Waals surface area (Å²) in [4.78, 5) is 13.5. The fourth-order valence-corrected chi connectivity index (χ4v) is 5.19. The molecular weight excluding hydrogens is 346 g/mol. The molecule has 3 N–H and O–H groups in total. The van der Waals surface area contributed by atoms with Gasteiger partial charge in [-0.2, -0.15) is 0 Å². The number of carbonyl (C=O) groups is 1. The minimum atomic E-state index is -0.162. The maximum Gasteiger partial charge on any atom is 0.273 e. The zero-order valence-corrected chi connectivity index (χ0v) is 14.8. The maximum atomic E-state index is 12.6. The average molecular weight is 366 g/mol. The normalized spacial score (nSPS) is 29.4. The van der Waals surface area contributed by atoms with Gasteiger partial charge >= 0.3 is 0 Å². The van der Waals surface area contributed by atoms with Crippen LogP contribution in [0.1, 0.15) is 42.6 Å². The first-order chi connectivity index (χ1) is 11.6. The molecule has 0 aromatic carbocycles. The van der Waals surface area contributed by atoms with Crippen LogP contribution < -0.4 is 11.1 Å². The topological polar surface area (TPSA) is 81.1 Å². The first-order valence-electron chi connectivity index (χ1n) is 8.39. The van der Waals surface area contributed by atoms with E-state index in [2.05, 4.69) is 10.5 Å². The van der Waals surface area contributed by atoms with Gasteiger partial charge in [0, 0.05) is 18.2 Å². The van der Waals surface area contributed by atoms with Gasteiger partial charge in [-0.25, -0.2) is 0 Å². The number of nitrogens with one attached hydrogen (secondary N) is 1. The molecule has 0 radical (unpaired) electrons. The molecule has 4 rings (SSSR count). The Morgan fingerprint density at radius 1 is 1.33 bits per heavy atom. The van der Waals surface area contributed by atoms with Crippen molar-refractivity contribution < 1.29 is 9.32 Å². The van der Waals surface area contributed by atoms with Crippen molar-refractivity contribution in [2.75, 3.05) is 0 Å². The molecule has 2 heterocycles. The number of nitrogens with zero attached hydrogens (tertiary/aromatic N) is 1. The molecule has 2 unspecified atom stereocenters. The molecule has 2 bridgehead atoms. The van der Waals surface area contributed by atoms with Crippen LogP contribution in [0.2, 0.25) is 4.34 Å². The lowest BCUT2D eigenvalue weighted by Gasteiger charge is -2.45. The Kier molecular flexibility index (Phi) is 4.37. The van der Waals surface area contributed by atoms with E-state index in [9.17, 15) is 4.79 Å². The molecule has 24 heavy (non-hydrogen) atoms. The monoisotopic (exact) mass is 365 g/mol. The van der Waals surface area contributed by atoms with Crippen molar-refractivity contribution >= 4 is 28.8 Å². The van der Waals surface area contributed by atoms with Gasteiger partial charge in [0.2, 0.25) is 0 Å². The van der Waals surface area contributed by atoms with Gasteiger partial charge in [0.05, 0.1) is 9.21 Å². The van der Waals surface area contributed by atoms with E-state index in [4.69, 9.17) is 21.9 Å². The van der Waals surface area contributed by atoms with Crippen molar-refractivity contribution in [3.8, 4) is 10.6 Å². The Morgan fingerprint density at radius 2 is 2.08 bits per heavy atom. The summed E-state index contributed by atoms with van der Waals surface area (Å²) in [6.07, 6.45) is 5.53. The molecule has 2 fully saturated rings. The predicted octanol–water partition coefficient (Wildman–Crippen LogP) is 3.69. The van der Waals surface area contributed by atoms with Gasteiger partial charge < -0.3 is 15.6 Å². The van der Waals surface area contributed by atoms with Crippen molar-refractivity contribution in [3.63, 3.8) is 0 Å². The van der Waals surface area contributed by atoms with Crippen LogP contribution in [0, 0.1) is 11.8 Å². The third kappa shape index (κ3) is 3.10. The summed E-state index contributed by atoms with van der Waals surface area (Å²) in [6, 6.07) is 5.83. The molecule has 128 valence electrons. The predicted molar refractivity (Wildman–Crippen MR) is 94.1 cm³/mol. The van der Waals surface area contributed by atoms with Gasteiger partial charge in [-0.05, 0) is 49.7 Å². The Balaban J connectivity index is 1.47. The number of fused-ring (bicyclic) bond motifs is 2. The van der Waals surface area contributed by atoms with Gasteiger partial charge in [0.1, 0.15) is 0 Å². The molecule has 2 saturated carbocycles. The van der Waals surface area contributed by atoms with E-state index in [1.54, 1.807) is 12.1 Å². The Labute approximate surface area is 149 Å². The number of aromatic nitrogens is 1. The number of carbonyl (C=O) groups excluding carboxylic acids is 1. The lowest BCUT2D eigenvalue weighted by atomic mass is 9.67. The minimum Gasteiger partial charge on any atom is -0.355 e. The molecule has 2 aliphatic rings. The van der Waals surface area contributed by atoms with Crippen molar-refractivity contribution in [3.05, 3.63) is 28.2 Å². The quantitative estimate of drug-likeness (QED) is 0.869. The summed E-state index contributed by atoms with van der Waals surface area (Å²) in [5.41, 5.74) is 6.47. The molecule has 2 aromatic rings. The standard InChI is InChI=1S/C17H20ClN3O2S/c18-15-5-4-14(24-15)13-8-12(21-23-13)17(22)20-16-9-2-1-3-10(16)7-11(19)6-9/h4-5,8-11,16H,1-3,6-7,19H2,(H,20,22). The van der Waals surface area contributed by atoms with Crippen LogP contribution >= 0.6 is 22.9 Å². The highest BCUT2D eigenvalue weighted by atomic mass is 35.5. The van der Waals surface area contributed by atoms with Crippen LogP contribution in [0.5, 0.6) is 0 Å². The summed E-state index contributed by atoms with van der Waals surface area (Å²) < 4.78 is 5.99. The summed E-state index contributed by atoms with van der Waals surface area (Å²) in [6.45, 7) is 0. The molecule has 2 atom stereocenters. The second-order valence-corrected chi connectivity index (χ2v) is 8.58. The molecule has 2 aromatic heterocycles. The number of rotatable bonds is 3. The van der Waals surface area contributed by atoms with E-state index in [1.807, 2.05) is 6.07 Å². The minimum absolute atomic E-state index is 0.162. The van der Waals surface area contributed by atoms with Crippen molar-refractivity contribution in [1.82, 2.24) is 10.5 Å².